The Bertz CT molecular complexity index is 1370. The Morgan fingerprint density at radius 3 is 2.00 bits per heavy atom. The first-order valence-corrected chi connectivity index (χ1v) is 12.9. The van der Waals surface area contributed by atoms with Crippen LogP contribution in [0.15, 0.2) is 56.5 Å². The number of carbonyl (C=O) groups excluding carboxylic acids is 3. The van der Waals surface area contributed by atoms with Crippen LogP contribution in [0.1, 0.15) is 29.8 Å². The molecule has 7 nitrogen and oxygen atoms in total. The molecule has 0 saturated carbocycles. The third-order valence-electron chi connectivity index (χ3n) is 5.89. The Kier molecular flexibility index (Phi) is 7.50. The highest BCUT2D eigenvalue weighted by Crippen LogP contribution is 2.56. The van der Waals surface area contributed by atoms with Gasteiger partial charge in [-0.15, -0.1) is 0 Å². The Morgan fingerprint density at radius 1 is 0.919 bits per heavy atom. The minimum atomic E-state index is -1.01. The maximum Gasteiger partial charge on any atom is 0.346 e. The molecular formula is C26H22FNO6S3. The van der Waals surface area contributed by atoms with Gasteiger partial charge in [0.05, 0.1) is 41.7 Å². The Hall–Kier alpha value is -3.15. The number of nitrogens with zero attached hydrogens (tertiary/aromatic N) is 1. The third-order valence-corrected chi connectivity index (χ3v) is 9.15. The largest absolute Gasteiger partial charge is 0.497 e. The van der Waals surface area contributed by atoms with Crippen molar-refractivity contribution in [2.75, 3.05) is 26.2 Å². The molecule has 192 valence electrons. The summed E-state index contributed by atoms with van der Waals surface area (Å²) < 4.78 is 29.3. The number of thioether (sulfide) groups is 2. The van der Waals surface area contributed by atoms with E-state index in [2.05, 4.69) is 0 Å². The van der Waals surface area contributed by atoms with Gasteiger partial charge in [0.2, 0.25) is 0 Å². The molecule has 0 spiro atoms. The van der Waals surface area contributed by atoms with Crippen molar-refractivity contribution in [2.24, 2.45) is 0 Å². The molecule has 4 rings (SSSR count). The summed E-state index contributed by atoms with van der Waals surface area (Å²) in [4.78, 5) is 40.9. The van der Waals surface area contributed by atoms with Gasteiger partial charge < -0.3 is 14.2 Å². The normalized spacial score (nSPS) is 16.5. The molecule has 0 fully saturated rings. The van der Waals surface area contributed by atoms with E-state index in [0.717, 1.165) is 23.5 Å². The summed E-state index contributed by atoms with van der Waals surface area (Å²) in [7, 11) is 3.98. The zero-order valence-electron chi connectivity index (χ0n) is 20.5. The number of esters is 2. The van der Waals surface area contributed by atoms with Gasteiger partial charge in [-0.1, -0.05) is 35.7 Å². The number of amides is 1. The maximum absolute atomic E-state index is 13.7. The van der Waals surface area contributed by atoms with Crippen molar-refractivity contribution in [2.45, 2.75) is 19.4 Å². The summed E-state index contributed by atoms with van der Waals surface area (Å²) >= 11 is 8.09. The summed E-state index contributed by atoms with van der Waals surface area (Å²) in [5.74, 6) is -1.64. The quantitative estimate of drug-likeness (QED) is 0.280. The maximum atomic E-state index is 13.7. The molecule has 0 aliphatic carbocycles. The van der Waals surface area contributed by atoms with Crippen LogP contribution in [0, 0.1) is 5.82 Å². The molecule has 0 bridgehead atoms. The Balaban J connectivity index is 1.93. The molecule has 2 aliphatic heterocycles. The second kappa shape index (κ2) is 10.3. The predicted molar refractivity (Wildman–Crippen MR) is 146 cm³/mol. The van der Waals surface area contributed by atoms with Gasteiger partial charge in [-0.25, -0.2) is 14.0 Å². The molecule has 1 amide bonds. The summed E-state index contributed by atoms with van der Waals surface area (Å²) in [6, 6.07) is 10.5. The zero-order valence-corrected chi connectivity index (χ0v) is 23.0. The van der Waals surface area contributed by atoms with Crippen molar-refractivity contribution in [3.8, 4) is 5.75 Å². The van der Waals surface area contributed by atoms with Crippen LogP contribution >= 0.6 is 35.7 Å². The lowest BCUT2D eigenvalue weighted by molar-refractivity contribution is -0.138. The highest BCUT2D eigenvalue weighted by atomic mass is 32.2. The average Bonchev–Trinajstić information content (AvgIpc) is 3.33. The standard InChI is InChI=1S/C26H22FNO6S3/c1-26(2)21(35)18(25-36-19(23(30)33-4)20(37-25)24(31)34-5)16-12-15(32-3)10-11-17(16)28(26)22(29)13-6-8-14(27)9-7-13/h6-12H,1-5H3. The fourth-order valence-corrected chi connectivity index (χ4v) is 7.04. The van der Waals surface area contributed by atoms with Crippen LogP contribution in [0.3, 0.4) is 0 Å². The number of halogens is 1. The lowest BCUT2D eigenvalue weighted by Gasteiger charge is -2.45. The first kappa shape index (κ1) is 26.9. The molecule has 0 radical (unpaired) electrons. The van der Waals surface area contributed by atoms with E-state index < -0.39 is 23.3 Å². The molecule has 2 aliphatic rings. The van der Waals surface area contributed by atoms with Crippen LogP contribution in [0.5, 0.6) is 5.75 Å². The zero-order chi connectivity index (χ0) is 27.1. The number of methoxy groups -OCH3 is 3. The number of ether oxygens (including phenoxy) is 3. The fourth-order valence-electron chi connectivity index (χ4n) is 4.01. The average molecular weight is 560 g/mol. The third kappa shape index (κ3) is 4.67. The van der Waals surface area contributed by atoms with Gasteiger partial charge in [-0.2, -0.15) is 0 Å². The first-order chi connectivity index (χ1) is 17.5. The van der Waals surface area contributed by atoms with E-state index in [-0.39, 0.29) is 15.7 Å². The van der Waals surface area contributed by atoms with Crippen molar-refractivity contribution in [1.29, 1.82) is 0 Å². The van der Waals surface area contributed by atoms with E-state index in [9.17, 15) is 18.8 Å². The van der Waals surface area contributed by atoms with E-state index in [1.165, 1.54) is 45.6 Å². The van der Waals surface area contributed by atoms with Gasteiger partial charge in [0.15, 0.2) is 0 Å². The number of benzene rings is 2. The van der Waals surface area contributed by atoms with E-state index in [0.29, 0.717) is 37.2 Å². The van der Waals surface area contributed by atoms with E-state index in [4.69, 9.17) is 26.4 Å². The molecule has 0 aromatic heterocycles. The van der Waals surface area contributed by atoms with Crippen LogP contribution in [0.25, 0.3) is 5.57 Å². The van der Waals surface area contributed by atoms with Crippen LogP contribution in [-0.4, -0.2) is 49.6 Å². The molecule has 11 heteroatoms. The van der Waals surface area contributed by atoms with Crippen molar-refractivity contribution in [3.63, 3.8) is 0 Å². The monoisotopic (exact) mass is 559 g/mol. The molecule has 0 unspecified atom stereocenters. The molecule has 37 heavy (non-hydrogen) atoms. The van der Waals surface area contributed by atoms with Gasteiger partial charge in [0, 0.05) is 16.7 Å². The lowest BCUT2D eigenvalue weighted by atomic mass is 9.82. The second-order valence-electron chi connectivity index (χ2n) is 8.43. The van der Waals surface area contributed by atoms with Gasteiger partial charge in [-0.3, -0.25) is 9.69 Å². The van der Waals surface area contributed by atoms with Crippen LogP contribution < -0.4 is 9.64 Å². The minimum absolute atomic E-state index is 0.0942. The fraction of sp³-hybridized carbons (Fsp3) is 0.231. The molecular weight excluding hydrogens is 537 g/mol. The molecule has 0 N–H and O–H groups in total. The summed E-state index contributed by atoms with van der Waals surface area (Å²) in [5, 5.41) is 0. The smallest absolute Gasteiger partial charge is 0.346 e. The van der Waals surface area contributed by atoms with Crippen LogP contribution in [0.2, 0.25) is 0 Å². The molecule has 0 saturated heterocycles. The lowest BCUT2D eigenvalue weighted by Crippen LogP contribution is -2.56. The van der Waals surface area contributed by atoms with Gasteiger partial charge in [0.1, 0.15) is 21.4 Å². The summed E-state index contributed by atoms with van der Waals surface area (Å²) in [6.07, 6.45) is 0. The molecule has 2 aromatic carbocycles. The highest BCUT2D eigenvalue weighted by Gasteiger charge is 2.46. The molecule has 2 aromatic rings. The first-order valence-electron chi connectivity index (χ1n) is 10.9. The van der Waals surface area contributed by atoms with Crippen molar-refractivity contribution in [3.05, 3.63) is 73.5 Å². The summed E-state index contributed by atoms with van der Waals surface area (Å²) in [5.41, 5.74) is 1.01. The number of carbonyl (C=O) groups is 3. The van der Waals surface area contributed by atoms with Gasteiger partial charge >= 0.3 is 11.9 Å². The summed E-state index contributed by atoms with van der Waals surface area (Å²) in [6.45, 7) is 3.62. The number of hydrogen-bond acceptors (Lipinski definition) is 9. The van der Waals surface area contributed by atoms with E-state index >= 15 is 0 Å². The van der Waals surface area contributed by atoms with Crippen molar-refractivity contribution >= 4 is 69.7 Å². The number of rotatable bonds is 4. The van der Waals surface area contributed by atoms with Gasteiger partial charge in [-0.05, 0) is 56.3 Å². The number of hydrogen-bond donors (Lipinski definition) is 0. The van der Waals surface area contributed by atoms with E-state index in [1.54, 1.807) is 23.1 Å². The SMILES string of the molecule is COC(=O)C1=C(C(=O)OC)SC(=C2C(=S)C(C)(C)N(C(=O)c3ccc(F)cc3)c3ccc(OC)cc32)S1. The van der Waals surface area contributed by atoms with Crippen molar-refractivity contribution in [1.82, 2.24) is 0 Å². The van der Waals surface area contributed by atoms with Crippen LogP contribution in [0.4, 0.5) is 10.1 Å². The Morgan fingerprint density at radius 2 is 1.49 bits per heavy atom. The Labute approximate surface area is 227 Å². The molecule has 2 heterocycles. The minimum Gasteiger partial charge on any atom is -0.497 e. The number of fused-ring (bicyclic) bond motifs is 1. The predicted octanol–water partition coefficient (Wildman–Crippen LogP) is 5.35. The van der Waals surface area contributed by atoms with Gasteiger partial charge in [0.25, 0.3) is 5.91 Å². The topological polar surface area (TPSA) is 82.1 Å². The van der Waals surface area contributed by atoms with Crippen LogP contribution in [-0.2, 0) is 19.1 Å². The molecule has 0 atom stereocenters. The second-order valence-corrected chi connectivity index (χ2v) is 11.1. The van der Waals surface area contributed by atoms with Crippen molar-refractivity contribution < 1.29 is 33.0 Å². The highest BCUT2D eigenvalue weighted by molar-refractivity contribution is 8.29. The number of anilines is 1. The van der Waals surface area contributed by atoms with E-state index in [1.807, 2.05) is 13.8 Å². The number of thiocarbonyl (C=S) groups is 1.